The molecule has 0 saturated carbocycles. The van der Waals surface area contributed by atoms with Crippen molar-refractivity contribution >= 4 is 35.4 Å². The highest BCUT2D eigenvalue weighted by molar-refractivity contribution is 8.03. The zero-order valence-corrected chi connectivity index (χ0v) is 20.7. The molecule has 0 nitrogen and oxygen atoms in total. The highest BCUT2D eigenvalue weighted by atomic mass is 32.2. The van der Waals surface area contributed by atoms with Gasteiger partial charge in [-0.2, -0.15) is 11.8 Å². The van der Waals surface area contributed by atoms with Gasteiger partial charge in [-0.15, -0.1) is 0 Å². The molecule has 2 heteroatoms. The Morgan fingerprint density at radius 3 is 1.50 bits per heavy atom. The van der Waals surface area contributed by atoms with Crippen LogP contribution in [0.3, 0.4) is 0 Å². The summed E-state index contributed by atoms with van der Waals surface area (Å²) >= 11 is 2.21. The Bertz CT molecular complexity index is 1050. The normalized spacial score (nSPS) is 21.3. The largest absolute Gasteiger partial charge is 0.165 e. The maximum Gasteiger partial charge on any atom is 0.165 e. The molecular formula is C30H30SSi. The number of hydrogen-bond donors (Lipinski definition) is 0. The fourth-order valence-electron chi connectivity index (χ4n) is 5.70. The van der Waals surface area contributed by atoms with E-state index in [1.165, 1.54) is 15.6 Å². The van der Waals surface area contributed by atoms with Gasteiger partial charge >= 0.3 is 0 Å². The van der Waals surface area contributed by atoms with Crippen molar-refractivity contribution < 1.29 is 0 Å². The summed E-state index contributed by atoms with van der Waals surface area (Å²) in [6, 6.07) is 34.3. The average Bonchev–Trinajstić information content (AvgIpc) is 3.40. The summed E-state index contributed by atoms with van der Waals surface area (Å²) in [7, 11) is -2.48. The summed E-state index contributed by atoms with van der Waals surface area (Å²) in [5, 5.41) is 4.52. The van der Waals surface area contributed by atoms with Crippen LogP contribution in [0.25, 0.3) is 0 Å². The molecule has 2 aliphatic rings. The monoisotopic (exact) mass is 450 g/mol. The van der Waals surface area contributed by atoms with Crippen LogP contribution in [-0.4, -0.2) is 18.2 Å². The van der Waals surface area contributed by atoms with Crippen LogP contribution in [0.2, 0.25) is 0 Å². The molecule has 0 saturated heterocycles. The Morgan fingerprint density at radius 2 is 1.09 bits per heavy atom. The quantitative estimate of drug-likeness (QED) is 0.275. The Labute approximate surface area is 197 Å². The van der Waals surface area contributed by atoms with E-state index in [9.17, 15) is 0 Å². The molecular weight excluding hydrogens is 420 g/mol. The van der Waals surface area contributed by atoms with Gasteiger partial charge in [-0.3, -0.25) is 0 Å². The summed E-state index contributed by atoms with van der Waals surface area (Å²) in [6.07, 6.45) is 10.5. The molecule has 0 N–H and O–H groups in total. The molecule has 160 valence electrons. The first-order valence-electron chi connectivity index (χ1n) is 11.5. The van der Waals surface area contributed by atoms with Crippen molar-refractivity contribution in [1.82, 2.24) is 0 Å². The van der Waals surface area contributed by atoms with Gasteiger partial charge in [-0.1, -0.05) is 126 Å². The molecule has 0 bridgehead atoms. The van der Waals surface area contributed by atoms with Crippen molar-refractivity contribution in [2.24, 2.45) is 5.92 Å². The third-order valence-corrected chi connectivity index (χ3v) is 15.6. The van der Waals surface area contributed by atoms with E-state index in [4.69, 9.17) is 0 Å². The van der Waals surface area contributed by atoms with E-state index in [0.29, 0.717) is 5.92 Å². The van der Waals surface area contributed by atoms with Gasteiger partial charge in [0, 0.05) is 16.0 Å². The average molecular weight is 451 g/mol. The van der Waals surface area contributed by atoms with Crippen LogP contribution < -0.4 is 15.6 Å². The zero-order valence-electron chi connectivity index (χ0n) is 18.9. The Hall–Kier alpha value is -2.55. The molecule has 1 heterocycles. The molecule has 5 rings (SSSR count). The predicted octanol–water partition coefficient (Wildman–Crippen LogP) is 5.65. The third-order valence-electron chi connectivity index (χ3n) is 7.34. The van der Waals surface area contributed by atoms with Gasteiger partial charge in [-0.05, 0) is 35.8 Å². The second-order valence-electron chi connectivity index (χ2n) is 9.06. The fraction of sp³-hybridized carbons (Fsp3) is 0.200. The lowest BCUT2D eigenvalue weighted by atomic mass is 9.97. The number of rotatable bonds is 5. The minimum Gasteiger partial charge on any atom is -0.151 e. The minimum absolute atomic E-state index is 0.0597. The van der Waals surface area contributed by atoms with E-state index < -0.39 is 8.07 Å². The highest BCUT2D eigenvalue weighted by Crippen LogP contribution is 2.51. The van der Waals surface area contributed by atoms with Crippen LogP contribution in [0.15, 0.2) is 126 Å². The van der Waals surface area contributed by atoms with Gasteiger partial charge in [-0.25, -0.2) is 0 Å². The number of benzene rings is 3. The molecule has 32 heavy (non-hydrogen) atoms. The third kappa shape index (κ3) is 3.28. The molecule has 0 aromatic heterocycles. The Balaban J connectivity index is 1.93. The van der Waals surface area contributed by atoms with Gasteiger partial charge in [0.25, 0.3) is 0 Å². The first-order chi connectivity index (χ1) is 15.7. The lowest BCUT2D eigenvalue weighted by molar-refractivity contribution is 0.642. The van der Waals surface area contributed by atoms with Crippen molar-refractivity contribution in [1.29, 1.82) is 0 Å². The highest BCUT2D eigenvalue weighted by Gasteiger charge is 2.60. The zero-order chi connectivity index (χ0) is 22.0. The molecule has 1 aliphatic carbocycles. The van der Waals surface area contributed by atoms with Crippen molar-refractivity contribution in [2.45, 2.75) is 24.6 Å². The SMILES string of the molecule is CC1=C(C)CC(C2C=CC=C2)([Si](c2ccccc2)(c2ccccc2)c2ccccc2)SC1. The molecule has 0 fully saturated rings. The van der Waals surface area contributed by atoms with Crippen LogP contribution in [0.4, 0.5) is 0 Å². The van der Waals surface area contributed by atoms with Crippen LogP contribution in [0.5, 0.6) is 0 Å². The smallest absolute Gasteiger partial charge is 0.151 e. The van der Waals surface area contributed by atoms with Crippen LogP contribution >= 0.6 is 11.8 Å². The number of allylic oxidation sites excluding steroid dienone is 5. The summed E-state index contributed by atoms with van der Waals surface area (Å²) < 4.78 is 0.0597. The molecule has 0 amide bonds. The summed E-state index contributed by atoms with van der Waals surface area (Å²) in [4.78, 5) is 0. The maximum absolute atomic E-state index is 2.48. The van der Waals surface area contributed by atoms with Gasteiger partial charge in [0.05, 0.1) is 0 Å². The van der Waals surface area contributed by atoms with Gasteiger partial charge in [0.15, 0.2) is 8.07 Å². The topological polar surface area (TPSA) is 0 Å². The summed E-state index contributed by atoms with van der Waals surface area (Å²) in [5.41, 5.74) is 3.12. The fourth-order valence-corrected chi connectivity index (χ4v) is 15.0. The second kappa shape index (κ2) is 8.76. The van der Waals surface area contributed by atoms with Gasteiger partial charge in [0.2, 0.25) is 0 Å². The standard InChI is InChI=1S/C30H30SSi/c1-24-22-30(31-23-25(24)2,26-14-12-13-15-26)32(27-16-6-3-7-17-27,28-18-8-4-9-19-28)29-20-10-5-11-21-29/h3-21,26H,22-23H2,1-2H3. The Morgan fingerprint density at radius 1 is 0.656 bits per heavy atom. The van der Waals surface area contributed by atoms with E-state index in [1.807, 2.05) is 0 Å². The van der Waals surface area contributed by atoms with E-state index in [1.54, 1.807) is 11.1 Å². The molecule has 3 aromatic rings. The molecule has 1 aliphatic heterocycles. The molecule has 0 radical (unpaired) electrons. The minimum atomic E-state index is -2.48. The first kappa shape index (κ1) is 21.3. The van der Waals surface area contributed by atoms with Crippen LogP contribution in [-0.2, 0) is 0 Å². The Kier molecular flexibility index (Phi) is 5.83. The van der Waals surface area contributed by atoms with E-state index in [0.717, 1.165) is 12.2 Å². The van der Waals surface area contributed by atoms with Crippen molar-refractivity contribution in [3.05, 3.63) is 126 Å². The van der Waals surface area contributed by atoms with Crippen LogP contribution in [0, 0.1) is 5.92 Å². The maximum atomic E-state index is 2.46. The lowest BCUT2D eigenvalue weighted by Crippen LogP contribution is -2.80. The van der Waals surface area contributed by atoms with E-state index in [-0.39, 0.29) is 4.37 Å². The molecule has 1 atom stereocenters. The number of hydrogen-bond acceptors (Lipinski definition) is 1. The van der Waals surface area contributed by atoms with Crippen LogP contribution in [0.1, 0.15) is 20.3 Å². The molecule has 0 spiro atoms. The van der Waals surface area contributed by atoms with Crippen molar-refractivity contribution in [3.63, 3.8) is 0 Å². The summed E-state index contributed by atoms with van der Waals surface area (Å²) in [6.45, 7) is 4.69. The second-order valence-corrected chi connectivity index (χ2v) is 14.9. The van der Waals surface area contributed by atoms with Crippen molar-refractivity contribution in [2.75, 3.05) is 5.75 Å². The van der Waals surface area contributed by atoms with Crippen molar-refractivity contribution in [3.8, 4) is 0 Å². The summed E-state index contributed by atoms with van der Waals surface area (Å²) in [5.74, 6) is 1.51. The predicted molar refractivity (Wildman–Crippen MR) is 144 cm³/mol. The van der Waals surface area contributed by atoms with Gasteiger partial charge < -0.3 is 0 Å². The first-order valence-corrected chi connectivity index (χ1v) is 14.5. The van der Waals surface area contributed by atoms with Gasteiger partial charge in [0.1, 0.15) is 0 Å². The number of thioether (sulfide) groups is 1. The van der Waals surface area contributed by atoms with E-state index in [2.05, 4.69) is 141 Å². The lowest BCUT2D eigenvalue weighted by Gasteiger charge is -2.54. The molecule has 3 aromatic carbocycles. The molecule has 1 unspecified atom stereocenters. The van der Waals surface area contributed by atoms with E-state index >= 15 is 0 Å².